The van der Waals surface area contributed by atoms with Crippen molar-refractivity contribution in [2.75, 3.05) is 7.11 Å². The maximum Gasteiger partial charge on any atom is 0.402 e. The third-order valence-electron chi connectivity index (χ3n) is 25.5. The van der Waals surface area contributed by atoms with Crippen molar-refractivity contribution >= 4 is 11.9 Å². The molecule has 5 aromatic heterocycles. The molecule has 8 heterocycles. The van der Waals surface area contributed by atoms with Crippen molar-refractivity contribution in [3.05, 3.63) is 302 Å². The van der Waals surface area contributed by atoms with Gasteiger partial charge >= 0.3 is 18.0 Å². The first-order valence-corrected chi connectivity index (χ1v) is 52.1. The molecule has 0 atom stereocenters. The number of aliphatic hydroxyl groups is 2. The van der Waals surface area contributed by atoms with Crippen LogP contribution >= 0.6 is 0 Å². The zero-order chi connectivity index (χ0) is 107. The van der Waals surface area contributed by atoms with Gasteiger partial charge < -0.3 is 29.2 Å². The van der Waals surface area contributed by atoms with Crippen LogP contribution in [0.3, 0.4) is 0 Å². The quantitative estimate of drug-likeness (QED) is 0.0575. The van der Waals surface area contributed by atoms with Crippen LogP contribution in [0.2, 0.25) is 0 Å². The zero-order valence-electron chi connectivity index (χ0n) is 94.5. The number of esters is 2. The first kappa shape index (κ1) is 123. The molecule has 0 saturated heterocycles. The fraction of sp³-hybridized carbons (Fsp3) is 0.548. The molecule has 3 aliphatic rings. The summed E-state index contributed by atoms with van der Waals surface area (Å²) in [6, 6.07) is 42.2. The van der Waals surface area contributed by atoms with E-state index in [4.69, 9.17) is 18.9 Å². The number of aliphatic hydroxyl groups excluding tert-OH is 2. The molecule has 14 nitrogen and oxygen atoms in total. The van der Waals surface area contributed by atoms with Crippen molar-refractivity contribution in [2.24, 2.45) is 0 Å². The number of hydrogen-bond acceptors (Lipinski definition) is 14. The van der Waals surface area contributed by atoms with Gasteiger partial charge in [-0.2, -0.15) is 19.0 Å². The first-order chi connectivity index (χ1) is 65.8. The Hall–Kier alpha value is -9.97. The minimum Gasteiger partial charge on any atom is -0.495 e. The van der Waals surface area contributed by atoms with Gasteiger partial charge in [0.25, 0.3) is 0 Å². The van der Waals surface area contributed by atoms with Crippen LogP contribution in [0, 0.1) is 12.7 Å². The van der Waals surface area contributed by atoms with E-state index in [1.807, 2.05) is 126 Å². The van der Waals surface area contributed by atoms with Crippen LogP contribution < -0.4 is 9.47 Å². The van der Waals surface area contributed by atoms with Gasteiger partial charge in [-0.05, 0) is 239 Å². The smallest absolute Gasteiger partial charge is 0.402 e. The average molecular weight is 1940 g/mol. The van der Waals surface area contributed by atoms with Crippen LogP contribution in [0.25, 0.3) is 0 Å². The Morgan fingerprint density at radius 2 is 0.709 bits per heavy atom. The lowest BCUT2D eigenvalue weighted by molar-refractivity contribution is -0.159. The van der Waals surface area contributed by atoms with Crippen LogP contribution in [-0.2, 0) is 42.3 Å². The number of rotatable bonds is 23. The summed E-state index contributed by atoms with van der Waals surface area (Å²) in [6.07, 6.45) is 2.48. The predicted molar refractivity (Wildman–Crippen MR) is 584 cm³/mol. The van der Waals surface area contributed by atoms with E-state index in [1.54, 1.807) is 13.2 Å². The Bertz CT molecular complexity index is 5060. The summed E-state index contributed by atoms with van der Waals surface area (Å²) < 4.78 is 60.7. The average Bonchev–Trinajstić information content (AvgIpc) is 1.60. The Morgan fingerprint density at radius 1 is 0.333 bits per heavy atom. The van der Waals surface area contributed by atoms with Gasteiger partial charge in [0.15, 0.2) is 0 Å². The highest BCUT2D eigenvalue weighted by molar-refractivity contribution is 5.95. The topological polar surface area (TPSA) is 189 Å². The van der Waals surface area contributed by atoms with Gasteiger partial charge in [0.1, 0.15) is 30.5 Å². The zero-order valence-corrected chi connectivity index (χ0v) is 94.5. The molecule has 0 fully saturated rings. The van der Waals surface area contributed by atoms with Crippen molar-refractivity contribution < 1.29 is 51.9 Å². The normalized spacial score (nSPS) is 12.7. The standard InChI is InChI=1S/C14H18F2O.C13H17NO2.C13H20O.C13H20.C12H17F.C12H16N2O2.2C12H19NO.C12H18.C11H17N/c1-8(2)10-5-6-11(9(3)4)13-12(10)7-14(15,16)17-13;1-7(2)9-5-14-12(8(3)4)11-10(9)6-16-13(11)15;1-9(2)11-5-6-13(10(3)4)12(7-11)8-14;1-9(2)12-6-7-13(10(3)4)11(5)8-12;1-8(2)10-5-6-11(9(3)4)12(13)7-10;1-6(2)10-8-5-16-12(15)9(8)11(7(3)4)14-13-10;1-8(2)10-6-11(14-5)12(9(3)4)13-7-10;1-8(2)10-5-6-11(9(3)4)13-12(10)7-14;1-9(2)11-5-7-12(8-6-11)10(3)4;1-8(2)10-5-6-11(9(3)4)12-7-10/h5-6,8-9H,7H2,1-4H3;5,7-8H,6H2,1-4H3;5-7,9-10,14H,8H2,1-4H3;6-10H,1-5H3;5-9H,1-4H3;6-7H,5H2,1-4H3;6-9H,1-5H3;5-6,8-9,14H,7H2,1-4H3;5-10H,1-4H3;5-9H,1-4H3. The number of halogens is 3. The van der Waals surface area contributed by atoms with E-state index in [2.05, 4.69) is 322 Å². The van der Waals surface area contributed by atoms with Crippen LogP contribution in [0.5, 0.6) is 11.5 Å². The number of alkyl halides is 2. The molecule has 0 amide bonds. The Kier molecular flexibility index (Phi) is 50.8. The number of cyclic esters (lactones) is 2. The Labute approximate surface area is 851 Å². The number of aromatic nitrogens is 6. The molecule has 0 bridgehead atoms. The molecule has 0 unspecified atom stereocenters. The van der Waals surface area contributed by atoms with Gasteiger partial charge in [0.05, 0.1) is 66.3 Å². The number of pyridine rings is 4. The molecule has 776 valence electrons. The van der Waals surface area contributed by atoms with E-state index in [-0.39, 0.29) is 72.9 Å². The second-order valence-electron chi connectivity index (χ2n) is 44.0. The fourth-order valence-corrected chi connectivity index (χ4v) is 16.4. The maximum atomic E-state index is 13.5. The highest BCUT2D eigenvalue weighted by atomic mass is 19.3. The molecule has 5 aromatic carbocycles. The number of benzene rings is 5. The minimum absolute atomic E-state index is 0.0358. The van der Waals surface area contributed by atoms with Crippen molar-refractivity contribution in [2.45, 2.75) is 441 Å². The van der Waals surface area contributed by atoms with Crippen molar-refractivity contribution in [3.63, 3.8) is 0 Å². The number of carbonyl (C=O) groups excluding carboxylic acids is 2. The van der Waals surface area contributed by atoms with Crippen LogP contribution in [-0.4, -0.2) is 65.5 Å². The summed E-state index contributed by atoms with van der Waals surface area (Å²) >= 11 is 0. The molecule has 0 aliphatic carbocycles. The third-order valence-corrected chi connectivity index (χ3v) is 25.5. The van der Waals surface area contributed by atoms with Gasteiger partial charge in [0.2, 0.25) is 0 Å². The van der Waals surface area contributed by atoms with Crippen molar-refractivity contribution in [1.82, 2.24) is 30.1 Å². The Balaban J connectivity index is 0.000000327. The molecular formula is C124H181F3N6O8. The highest BCUT2D eigenvalue weighted by Crippen LogP contribution is 2.46. The predicted octanol–water partition coefficient (Wildman–Crippen LogP) is 35.0. The van der Waals surface area contributed by atoms with E-state index in [9.17, 15) is 33.0 Å². The van der Waals surface area contributed by atoms with E-state index >= 15 is 0 Å². The first-order valence-electron chi connectivity index (χ1n) is 52.1. The third kappa shape index (κ3) is 37.0. The highest BCUT2D eigenvalue weighted by Gasteiger charge is 2.43. The lowest BCUT2D eigenvalue weighted by atomic mass is 9.90. The number of nitrogens with zero attached hydrogens (tertiary/aromatic N) is 6. The lowest BCUT2D eigenvalue weighted by Crippen LogP contribution is -2.21. The largest absolute Gasteiger partial charge is 0.495 e. The SMILES string of the molecule is CC(C)c1ccc(C(C)C)c(CO)c1.CC(C)c1ccc(C(C)C)c(CO)n1.CC(C)c1ccc(C(C)C)c(F)c1.CC(C)c1ccc(C(C)C)c2c1CC(F)(F)O2.CC(C)c1ccc(C(C)C)cc1.CC(C)c1ccc(C(C)C)nc1.CC(C)c1cnc(C(C)C)c2c1COC2=O.CC(C)c1nnc(C(C)C)c2c1COC2=O.COc1cc(C(C)C)cnc1C(C)C.Cc1cc(C(C)C)ccc1C(C)C. The van der Waals surface area contributed by atoms with E-state index in [0.717, 1.165) is 90.0 Å². The monoisotopic (exact) mass is 1940 g/mol. The van der Waals surface area contributed by atoms with Crippen molar-refractivity contribution in [1.29, 1.82) is 0 Å². The number of methoxy groups -OCH3 is 1. The summed E-state index contributed by atoms with van der Waals surface area (Å²) in [5.74, 6) is 9.40. The molecule has 10 aromatic rings. The molecule has 17 heteroatoms. The van der Waals surface area contributed by atoms with E-state index < -0.39 is 6.11 Å². The number of carbonyl (C=O) groups is 2. The van der Waals surface area contributed by atoms with Crippen LogP contribution in [0.15, 0.2) is 140 Å². The summed E-state index contributed by atoms with van der Waals surface area (Å²) in [7, 11) is 1.70. The fourth-order valence-electron chi connectivity index (χ4n) is 16.4. The number of hydrogen-bond donors (Lipinski definition) is 2. The second kappa shape index (κ2) is 58.1. The number of fused-ring (bicyclic) bond motifs is 3. The molecule has 13 rings (SSSR count). The van der Waals surface area contributed by atoms with Crippen LogP contribution in [0.4, 0.5) is 13.2 Å². The molecule has 0 spiro atoms. The van der Waals surface area contributed by atoms with E-state index in [0.29, 0.717) is 119 Å². The van der Waals surface area contributed by atoms with Gasteiger partial charge in [-0.1, -0.05) is 374 Å². The lowest BCUT2D eigenvalue weighted by Gasteiger charge is -2.15. The summed E-state index contributed by atoms with van der Waals surface area (Å²) in [5.41, 5.74) is 30.0. The van der Waals surface area contributed by atoms with Gasteiger partial charge in [-0.3, -0.25) is 19.9 Å². The van der Waals surface area contributed by atoms with Gasteiger partial charge in [-0.25, -0.2) is 14.0 Å². The van der Waals surface area contributed by atoms with E-state index in [1.165, 1.54) is 55.8 Å². The summed E-state index contributed by atoms with van der Waals surface area (Å²) in [4.78, 5) is 41.1. The minimum atomic E-state index is -3.04. The van der Waals surface area contributed by atoms with Crippen molar-refractivity contribution in [3.8, 4) is 11.5 Å². The molecule has 0 saturated carbocycles. The molecule has 2 N–H and O–H groups in total. The maximum absolute atomic E-state index is 13.5. The molecular weight excluding hydrogens is 1760 g/mol. The van der Waals surface area contributed by atoms with Gasteiger partial charge in [0, 0.05) is 46.7 Å². The summed E-state index contributed by atoms with van der Waals surface area (Å²) in [5, 5.41) is 26.9. The van der Waals surface area contributed by atoms with Crippen LogP contribution in [0.1, 0.15) is 562 Å². The van der Waals surface area contributed by atoms with Gasteiger partial charge in [-0.15, -0.1) is 0 Å². The Morgan fingerprint density at radius 3 is 1.11 bits per heavy atom. The molecule has 3 aliphatic heterocycles. The number of ether oxygens (including phenoxy) is 4. The molecule has 0 radical (unpaired) electrons. The second-order valence-corrected chi connectivity index (χ2v) is 44.0. The molecule has 141 heavy (non-hydrogen) atoms. The number of aryl methyl sites for hydroxylation is 1. The summed E-state index contributed by atoms with van der Waals surface area (Å²) in [6.45, 7) is 88.0.